The number of nitrogens with zero attached hydrogens (tertiary/aromatic N) is 1. The molecule has 50 valence electrons. The van der Waals surface area contributed by atoms with Crippen molar-refractivity contribution in [1.29, 1.82) is 5.26 Å². The van der Waals surface area contributed by atoms with Gasteiger partial charge in [0.15, 0.2) is 0 Å². The smallest absolute Gasteiger partial charge is 0.0703 e. The molecular weight excluding hydrogens is 112 g/mol. The quantitative estimate of drug-likeness (QED) is 0.524. The maximum Gasteiger partial charge on any atom is 0.0703 e. The number of nitrogens with two attached hydrogens (primary N) is 1. The number of hydrogen-bond acceptors (Lipinski definition) is 2. The van der Waals surface area contributed by atoms with Crippen molar-refractivity contribution in [2.75, 3.05) is 0 Å². The summed E-state index contributed by atoms with van der Waals surface area (Å²) in [7, 11) is 0. The van der Waals surface area contributed by atoms with Crippen LogP contribution < -0.4 is 5.73 Å². The van der Waals surface area contributed by atoms with Gasteiger partial charge in [-0.25, -0.2) is 0 Å². The van der Waals surface area contributed by atoms with Gasteiger partial charge >= 0.3 is 0 Å². The van der Waals surface area contributed by atoms with Gasteiger partial charge in [0.1, 0.15) is 0 Å². The Bertz CT molecular complexity index is 147. The molecule has 0 aromatic carbocycles. The second kappa shape index (κ2) is 2.00. The molecule has 0 aromatic heterocycles. The molecule has 0 heterocycles. The van der Waals surface area contributed by atoms with Gasteiger partial charge in [-0.3, -0.25) is 0 Å². The van der Waals surface area contributed by atoms with E-state index in [1.807, 2.05) is 6.92 Å². The van der Waals surface area contributed by atoms with Crippen LogP contribution in [0, 0.1) is 16.7 Å². The van der Waals surface area contributed by atoms with Gasteiger partial charge in [0.25, 0.3) is 0 Å². The van der Waals surface area contributed by atoms with E-state index < -0.39 is 0 Å². The Labute approximate surface area is 55.7 Å². The van der Waals surface area contributed by atoms with E-state index in [1.165, 1.54) is 0 Å². The second-order valence-corrected chi connectivity index (χ2v) is 3.03. The first-order chi connectivity index (χ1) is 4.19. The molecule has 1 rings (SSSR count). The minimum atomic E-state index is -0.222. The van der Waals surface area contributed by atoms with E-state index in [0.29, 0.717) is 0 Å². The molecule has 1 aliphatic carbocycles. The van der Waals surface area contributed by atoms with Crippen molar-refractivity contribution in [2.24, 2.45) is 11.1 Å². The molecule has 1 saturated carbocycles. The Morgan fingerprint density at radius 3 is 2.67 bits per heavy atom. The van der Waals surface area contributed by atoms with E-state index in [9.17, 15) is 0 Å². The third-order valence-corrected chi connectivity index (χ3v) is 2.29. The van der Waals surface area contributed by atoms with Gasteiger partial charge in [-0.1, -0.05) is 6.42 Å². The Hall–Kier alpha value is -0.550. The predicted octanol–water partition coefficient (Wildman–Crippen LogP) is 1.03. The zero-order valence-electron chi connectivity index (χ0n) is 5.72. The molecule has 1 fully saturated rings. The van der Waals surface area contributed by atoms with Gasteiger partial charge in [0.2, 0.25) is 0 Å². The van der Waals surface area contributed by atoms with Crippen LogP contribution in [0.2, 0.25) is 0 Å². The molecule has 2 heteroatoms. The molecule has 2 nitrogen and oxygen atoms in total. The zero-order valence-corrected chi connectivity index (χ0v) is 5.72. The minimum Gasteiger partial charge on any atom is -0.326 e. The van der Waals surface area contributed by atoms with Crippen LogP contribution in [0.5, 0.6) is 0 Å². The lowest BCUT2D eigenvalue weighted by Gasteiger charge is -2.18. The lowest BCUT2D eigenvalue weighted by atomic mass is 9.87. The molecule has 2 atom stereocenters. The van der Waals surface area contributed by atoms with Crippen LogP contribution in [-0.2, 0) is 0 Å². The van der Waals surface area contributed by atoms with E-state index in [0.717, 1.165) is 19.3 Å². The third-order valence-electron chi connectivity index (χ3n) is 2.29. The van der Waals surface area contributed by atoms with Crippen LogP contribution in [0.4, 0.5) is 0 Å². The summed E-state index contributed by atoms with van der Waals surface area (Å²) >= 11 is 0. The van der Waals surface area contributed by atoms with Crippen LogP contribution in [-0.4, -0.2) is 6.04 Å². The summed E-state index contributed by atoms with van der Waals surface area (Å²) in [6, 6.07) is 2.38. The summed E-state index contributed by atoms with van der Waals surface area (Å²) in [6.45, 7) is 1.95. The fraction of sp³-hybridized carbons (Fsp3) is 0.857. The first kappa shape index (κ1) is 6.57. The monoisotopic (exact) mass is 124 g/mol. The maximum absolute atomic E-state index is 8.67. The summed E-state index contributed by atoms with van der Waals surface area (Å²) in [5, 5.41) is 8.67. The highest BCUT2D eigenvalue weighted by atomic mass is 14.7. The van der Waals surface area contributed by atoms with E-state index in [4.69, 9.17) is 11.0 Å². The highest BCUT2D eigenvalue weighted by molar-refractivity contribution is 5.05. The van der Waals surface area contributed by atoms with E-state index in [1.54, 1.807) is 0 Å². The topological polar surface area (TPSA) is 49.8 Å². The molecule has 0 bridgehead atoms. The first-order valence-corrected chi connectivity index (χ1v) is 3.36. The minimum absolute atomic E-state index is 0.113. The molecule has 0 spiro atoms. The van der Waals surface area contributed by atoms with Gasteiger partial charge in [-0.05, 0) is 19.8 Å². The van der Waals surface area contributed by atoms with Gasteiger partial charge in [0.05, 0.1) is 11.5 Å². The highest BCUT2D eigenvalue weighted by Gasteiger charge is 2.36. The normalized spacial score (nSPS) is 42.6. The molecule has 9 heavy (non-hydrogen) atoms. The largest absolute Gasteiger partial charge is 0.326 e. The van der Waals surface area contributed by atoms with Crippen molar-refractivity contribution in [3.63, 3.8) is 0 Å². The van der Waals surface area contributed by atoms with Crippen LogP contribution in [0.3, 0.4) is 0 Å². The van der Waals surface area contributed by atoms with Crippen molar-refractivity contribution >= 4 is 0 Å². The van der Waals surface area contributed by atoms with Gasteiger partial charge in [-0.15, -0.1) is 0 Å². The third kappa shape index (κ3) is 0.927. The van der Waals surface area contributed by atoms with Gasteiger partial charge < -0.3 is 5.73 Å². The molecule has 0 aromatic rings. The van der Waals surface area contributed by atoms with Crippen molar-refractivity contribution in [3.8, 4) is 6.07 Å². The standard InChI is InChI=1S/C7H12N2/c1-7(5-8)4-2-3-6(7)9/h6H,2-4,9H2,1H3/t6-,7+/m0/s1. The summed E-state index contributed by atoms with van der Waals surface area (Å²) in [5.74, 6) is 0. The summed E-state index contributed by atoms with van der Waals surface area (Å²) in [4.78, 5) is 0. The van der Waals surface area contributed by atoms with Gasteiger partial charge in [0, 0.05) is 6.04 Å². The fourth-order valence-corrected chi connectivity index (χ4v) is 1.33. The zero-order chi connectivity index (χ0) is 6.91. The molecular formula is C7H12N2. The summed E-state index contributed by atoms with van der Waals surface area (Å²) < 4.78 is 0. The van der Waals surface area contributed by atoms with Crippen LogP contribution >= 0.6 is 0 Å². The first-order valence-electron chi connectivity index (χ1n) is 3.36. The molecule has 0 saturated heterocycles. The Morgan fingerprint density at radius 1 is 1.78 bits per heavy atom. The molecule has 1 aliphatic rings. The lowest BCUT2D eigenvalue weighted by Crippen LogP contribution is -2.32. The van der Waals surface area contributed by atoms with E-state index >= 15 is 0 Å². The Balaban J connectivity index is 2.70. The van der Waals surface area contributed by atoms with E-state index in [2.05, 4.69) is 6.07 Å². The average Bonchev–Trinajstić information content (AvgIpc) is 2.15. The molecule has 0 radical (unpaired) electrons. The van der Waals surface area contributed by atoms with Crippen LogP contribution in [0.1, 0.15) is 26.2 Å². The Kier molecular flexibility index (Phi) is 1.46. The average molecular weight is 124 g/mol. The number of rotatable bonds is 0. The molecule has 2 N–H and O–H groups in total. The predicted molar refractivity (Wildman–Crippen MR) is 35.5 cm³/mol. The maximum atomic E-state index is 8.67. The SMILES string of the molecule is C[C@]1(C#N)CCC[C@@H]1N. The number of hydrogen-bond donors (Lipinski definition) is 1. The van der Waals surface area contributed by atoms with E-state index in [-0.39, 0.29) is 11.5 Å². The van der Waals surface area contributed by atoms with Crippen molar-refractivity contribution in [1.82, 2.24) is 0 Å². The lowest BCUT2D eigenvalue weighted by molar-refractivity contribution is 0.402. The van der Waals surface area contributed by atoms with Crippen LogP contribution in [0.15, 0.2) is 0 Å². The summed E-state index contributed by atoms with van der Waals surface area (Å²) in [5.41, 5.74) is 5.48. The number of nitriles is 1. The molecule has 0 unspecified atom stereocenters. The molecule has 0 amide bonds. The van der Waals surface area contributed by atoms with Crippen molar-refractivity contribution in [3.05, 3.63) is 0 Å². The van der Waals surface area contributed by atoms with Crippen LogP contribution in [0.25, 0.3) is 0 Å². The Morgan fingerprint density at radius 2 is 2.44 bits per heavy atom. The fourth-order valence-electron chi connectivity index (χ4n) is 1.33. The summed E-state index contributed by atoms with van der Waals surface area (Å²) in [6.07, 6.45) is 3.11. The molecule has 0 aliphatic heterocycles. The van der Waals surface area contributed by atoms with Gasteiger partial charge in [-0.2, -0.15) is 5.26 Å². The van der Waals surface area contributed by atoms with Crippen molar-refractivity contribution < 1.29 is 0 Å². The second-order valence-electron chi connectivity index (χ2n) is 3.03. The highest BCUT2D eigenvalue weighted by Crippen LogP contribution is 2.35. The van der Waals surface area contributed by atoms with Crippen molar-refractivity contribution in [2.45, 2.75) is 32.2 Å².